The largest absolute Gasteiger partial charge is 0.337 e. The lowest BCUT2D eigenvalue weighted by Crippen LogP contribution is -2.18. The standard InChI is InChI=1S/C13H12F2N4O/c14-9-2-3-10-12(11(9)15)19(13(20)17-10)6-1-5-18-7-4-16-8-18/h2-4,7-8H,1,5-6H2,(H,17,20). The van der Waals surface area contributed by atoms with Crippen molar-refractivity contribution in [2.75, 3.05) is 0 Å². The molecule has 0 spiro atoms. The van der Waals surface area contributed by atoms with Crippen LogP contribution in [-0.2, 0) is 13.1 Å². The molecule has 0 aliphatic heterocycles. The molecule has 0 aliphatic carbocycles. The zero-order chi connectivity index (χ0) is 14.1. The maximum Gasteiger partial charge on any atom is 0.326 e. The van der Waals surface area contributed by atoms with Gasteiger partial charge in [0.2, 0.25) is 0 Å². The molecule has 104 valence electrons. The van der Waals surface area contributed by atoms with E-state index in [1.807, 2.05) is 4.57 Å². The summed E-state index contributed by atoms with van der Waals surface area (Å²) in [5, 5.41) is 0. The fourth-order valence-corrected chi connectivity index (χ4v) is 2.23. The van der Waals surface area contributed by atoms with Crippen molar-refractivity contribution >= 4 is 11.0 Å². The molecule has 20 heavy (non-hydrogen) atoms. The quantitative estimate of drug-likeness (QED) is 0.792. The van der Waals surface area contributed by atoms with E-state index in [2.05, 4.69) is 9.97 Å². The number of nitrogens with one attached hydrogen (secondary N) is 1. The van der Waals surface area contributed by atoms with Crippen molar-refractivity contribution in [3.05, 3.63) is 53.0 Å². The van der Waals surface area contributed by atoms with Gasteiger partial charge in [0.15, 0.2) is 11.6 Å². The highest BCUT2D eigenvalue weighted by Crippen LogP contribution is 2.17. The molecule has 2 heterocycles. The van der Waals surface area contributed by atoms with Crippen LogP contribution < -0.4 is 5.69 Å². The number of fused-ring (bicyclic) bond motifs is 1. The summed E-state index contributed by atoms with van der Waals surface area (Å²) < 4.78 is 30.2. The third kappa shape index (κ3) is 2.11. The first-order valence-corrected chi connectivity index (χ1v) is 6.19. The predicted octanol–water partition coefficient (Wildman–Crippen LogP) is 1.89. The topological polar surface area (TPSA) is 55.6 Å². The molecule has 3 aromatic rings. The first-order valence-electron chi connectivity index (χ1n) is 6.19. The van der Waals surface area contributed by atoms with Gasteiger partial charge in [0.25, 0.3) is 0 Å². The summed E-state index contributed by atoms with van der Waals surface area (Å²) >= 11 is 0. The molecule has 0 fully saturated rings. The number of H-pyrrole nitrogens is 1. The molecule has 0 unspecified atom stereocenters. The Kier molecular flexibility index (Phi) is 3.09. The molecule has 1 aromatic carbocycles. The first-order chi connectivity index (χ1) is 9.66. The lowest BCUT2D eigenvalue weighted by molar-refractivity contribution is 0.505. The van der Waals surface area contributed by atoms with E-state index < -0.39 is 17.3 Å². The van der Waals surface area contributed by atoms with Gasteiger partial charge in [0, 0.05) is 25.5 Å². The molecular weight excluding hydrogens is 266 g/mol. The van der Waals surface area contributed by atoms with Gasteiger partial charge in [0.05, 0.1) is 11.8 Å². The monoisotopic (exact) mass is 278 g/mol. The molecular formula is C13H12F2N4O. The minimum absolute atomic E-state index is 0.0133. The van der Waals surface area contributed by atoms with Crippen molar-refractivity contribution in [3.63, 3.8) is 0 Å². The van der Waals surface area contributed by atoms with Gasteiger partial charge in [-0.3, -0.25) is 4.57 Å². The molecule has 0 radical (unpaired) electrons. The molecule has 0 saturated heterocycles. The molecule has 2 aromatic heterocycles. The lowest BCUT2D eigenvalue weighted by atomic mass is 10.3. The third-order valence-electron chi connectivity index (χ3n) is 3.18. The van der Waals surface area contributed by atoms with Crippen LogP contribution in [0.1, 0.15) is 6.42 Å². The van der Waals surface area contributed by atoms with E-state index in [-0.39, 0.29) is 5.52 Å². The van der Waals surface area contributed by atoms with Gasteiger partial charge in [-0.15, -0.1) is 0 Å². The van der Waals surface area contributed by atoms with E-state index in [9.17, 15) is 13.6 Å². The van der Waals surface area contributed by atoms with Crippen LogP contribution in [0, 0.1) is 11.6 Å². The Bertz CT molecular complexity index is 789. The first kappa shape index (κ1) is 12.6. The number of imidazole rings is 2. The van der Waals surface area contributed by atoms with Gasteiger partial charge in [-0.2, -0.15) is 0 Å². The Labute approximate surface area is 112 Å². The minimum atomic E-state index is -0.997. The van der Waals surface area contributed by atoms with Gasteiger partial charge >= 0.3 is 5.69 Å². The smallest absolute Gasteiger partial charge is 0.326 e. The SMILES string of the molecule is O=c1[nH]c2ccc(F)c(F)c2n1CCCn1ccnc1. The number of aromatic nitrogens is 4. The Morgan fingerprint density at radius 3 is 2.85 bits per heavy atom. The highest BCUT2D eigenvalue weighted by atomic mass is 19.2. The number of hydrogen-bond acceptors (Lipinski definition) is 2. The van der Waals surface area contributed by atoms with Crippen molar-refractivity contribution in [1.82, 2.24) is 19.1 Å². The number of aromatic amines is 1. The number of benzene rings is 1. The van der Waals surface area contributed by atoms with E-state index in [4.69, 9.17) is 0 Å². The number of halogens is 2. The van der Waals surface area contributed by atoms with Gasteiger partial charge in [-0.25, -0.2) is 18.6 Å². The van der Waals surface area contributed by atoms with Crippen LogP contribution in [0.25, 0.3) is 11.0 Å². The number of nitrogens with zero attached hydrogens (tertiary/aromatic N) is 3. The molecule has 0 atom stereocenters. The van der Waals surface area contributed by atoms with Gasteiger partial charge in [-0.05, 0) is 18.6 Å². The predicted molar refractivity (Wildman–Crippen MR) is 69.3 cm³/mol. The van der Waals surface area contributed by atoms with Crippen LogP contribution in [0.3, 0.4) is 0 Å². The molecule has 0 amide bonds. The summed E-state index contributed by atoms with van der Waals surface area (Å²) in [5.74, 6) is -1.96. The molecule has 0 aliphatic rings. The average molecular weight is 278 g/mol. The Morgan fingerprint density at radius 2 is 2.10 bits per heavy atom. The van der Waals surface area contributed by atoms with E-state index in [1.54, 1.807) is 18.7 Å². The third-order valence-corrected chi connectivity index (χ3v) is 3.18. The summed E-state index contributed by atoms with van der Waals surface area (Å²) in [6.07, 6.45) is 5.74. The fourth-order valence-electron chi connectivity index (χ4n) is 2.23. The van der Waals surface area contributed by atoms with E-state index in [1.165, 1.54) is 10.6 Å². The van der Waals surface area contributed by atoms with E-state index in [0.717, 1.165) is 6.07 Å². The van der Waals surface area contributed by atoms with Crippen molar-refractivity contribution in [2.45, 2.75) is 19.5 Å². The van der Waals surface area contributed by atoms with E-state index in [0.29, 0.717) is 25.0 Å². The molecule has 1 N–H and O–H groups in total. The lowest BCUT2D eigenvalue weighted by Gasteiger charge is -2.05. The second-order valence-corrected chi connectivity index (χ2v) is 4.49. The van der Waals surface area contributed by atoms with Crippen LogP contribution in [0.15, 0.2) is 35.6 Å². The highest BCUT2D eigenvalue weighted by Gasteiger charge is 2.14. The Hall–Kier alpha value is -2.44. The van der Waals surface area contributed by atoms with E-state index >= 15 is 0 Å². The van der Waals surface area contributed by atoms with Crippen LogP contribution in [0.5, 0.6) is 0 Å². The number of hydrogen-bond donors (Lipinski definition) is 1. The second-order valence-electron chi connectivity index (χ2n) is 4.49. The van der Waals surface area contributed by atoms with Crippen LogP contribution in [-0.4, -0.2) is 19.1 Å². The van der Waals surface area contributed by atoms with Gasteiger partial charge < -0.3 is 9.55 Å². The average Bonchev–Trinajstić information content (AvgIpc) is 3.03. The van der Waals surface area contributed by atoms with Crippen molar-refractivity contribution < 1.29 is 8.78 Å². The van der Waals surface area contributed by atoms with Crippen LogP contribution in [0.4, 0.5) is 8.78 Å². The summed E-state index contributed by atoms with van der Waals surface area (Å²) in [4.78, 5) is 18.2. The minimum Gasteiger partial charge on any atom is -0.337 e. The molecule has 5 nitrogen and oxygen atoms in total. The van der Waals surface area contributed by atoms with Crippen molar-refractivity contribution in [1.29, 1.82) is 0 Å². The van der Waals surface area contributed by atoms with Crippen molar-refractivity contribution in [3.8, 4) is 0 Å². The number of aryl methyl sites for hydroxylation is 2. The highest BCUT2D eigenvalue weighted by molar-refractivity contribution is 5.75. The normalized spacial score (nSPS) is 11.3. The summed E-state index contributed by atoms with van der Waals surface area (Å²) in [6.45, 7) is 0.952. The number of rotatable bonds is 4. The molecule has 3 rings (SSSR count). The maximum absolute atomic E-state index is 13.8. The van der Waals surface area contributed by atoms with Gasteiger partial charge in [-0.1, -0.05) is 0 Å². The fraction of sp³-hybridized carbons (Fsp3) is 0.231. The zero-order valence-electron chi connectivity index (χ0n) is 10.5. The second kappa shape index (κ2) is 4.92. The summed E-state index contributed by atoms with van der Waals surface area (Å²) in [5.41, 5.74) is -0.146. The van der Waals surface area contributed by atoms with Gasteiger partial charge in [0.1, 0.15) is 5.52 Å². The Morgan fingerprint density at radius 1 is 1.25 bits per heavy atom. The van der Waals surface area contributed by atoms with Crippen LogP contribution in [0.2, 0.25) is 0 Å². The zero-order valence-corrected chi connectivity index (χ0v) is 10.5. The molecule has 7 heteroatoms. The molecule has 0 bridgehead atoms. The summed E-state index contributed by atoms with van der Waals surface area (Å²) in [7, 11) is 0. The van der Waals surface area contributed by atoms with Crippen LogP contribution >= 0.6 is 0 Å². The summed E-state index contributed by atoms with van der Waals surface area (Å²) in [6, 6.07) is 2.37. The van der Waals surface area contributed by atoms with Crippen molar-refractivity contribution in [2.24, 2.45) is 0 Å². The molecule has 0 saturated carbocycles. The maximum atomic E-state index is 13.8. The Balaban J connectivity index is 1.89.